The van der Waals surface area contributed by atoms with Gasteiger partial charge in [-0.15, -0.1) is 0 Å². The number of carbonyl (C=O) groups excluding carboxylic acids is 1. The second-order valence-corrected chi connectivity index (χ2v) is 7.55. The molecule has 2 N–H and O–H groups in total. The molecule has 2 aromatic rings. The topological polar surface area (TPSA) is 91.3 Å². The molecule has 7 heteroatoms. The number of aliphatic hydroxyl groups is 1. The van der Waals surface area contributed by atoms with E-state index in [0.717, 1.165) is 24.2 Å². The Morgan fingerprint density at radius 3 is 2.81 bits per heavy atom. The lowest BCUT2D eigenvalue weighted by atomic mass is 9.89. The normalized spacial score (nSPS) is 23.5. The molecule has 1 aromatic carbocycles. The minimum Gasteiger partial charge on any atom is -0.388 e. The highest BCUT2D eigenvalue weighted by atomic mass is 16.5. The van der Waals surface area contributed by atoms with Gasteiger partial charge in [0, 0.05) is 24.1 Å². The van der Waals surface area contributed by atoms with Crippen LogP contribution in [0.1, 0.15) is 54.2 Å². The fourth-order valence-electron chi connectivity index (χ4n) is 4.01. The molecule has 0 bridgehead atoms. The molecule has 144 valence electrons. The SMILES string of the molecule is CN(C(=O)c1cccc(-c2n[nH]c(C3CCCCC3)n2)c1)[C@H]1COC[C@@H]1O. The zero-order valence-corrected chi connectivity index (χ0v) is 15.6. The van der Waals surface area contributed by atoms with Crippen LogP contribution in [0.25, 0.3) is 11.4 Å². The minimum absolute atomic E-state index is 0.144. The average molecular weight is 370 g/mol. The first-order chi connectivity index (χ1) is 13.1. The van der Waals surface area contributed by atoms with E-state index in [1.807, 2.05) is 18.2 Å². The van der Waals surface area contributed by atoms with Crippen LogP contribution in [-0.4, -0.2) is 63.5 Å². The van der Waals surface area contributed by atoms with Gasteiger partial charge >= 0.3 is 0 Å². The number of nitrogens with zero attached hydrogens (tertiary/aromatic N) is 3. The largest absolute Gasteiger partial charge is 0.388 e. The van der Waals surface area contributed by atoms with Gasteiger partial charge in [0.05, 0.1) is 25.4 Å². The number of ether oxygens (including phenoxy) is 1. The fraction of sp³-hybridized carbons (Fsp3) is 0.550. The molecule has 0 radical (unpaired) electrons. The molecule has 2 fully saturated rings. The average Bonchev–Trinajstić information content (AvgIpc) is 3.37. The lowest BCUT2D eigenvalue weighted by molar-refractivity contribution is 0.0581. The third-order valence-electron chi connectivity index (χ3n) is 5.70. The van der Waals surface area contributed by atoms with Crippen LogP contribution in [0.2, 0.25) is 0 Å². The quantitative estimate of drug-likeness (QED) is 0.862. The monoisotopic (exact) mass is 370 g/mol. The van der Waals surface area contributed by atoms with Gasteiger partial charge in [0.25, 0.3) is 5.91 Å². The van der Waals surface area contributed by atoms with E-state index in [1.54, 1.807) is 18.0 Å². The zero-order chi connectivity index (χ0) is 18.8. The third kappa shape index (κ3) is 3.75. The highest BCUT2D eigenvalue weighted by molar-refractivity contribution is 5.95. The van der Waals surface area contributed by atoms with Crippen LogP contribution in [-0.2, 0) is 4.74 Å². The van der Waals surface area contributed by atoms with Crippen molar-refractivity contribution < 1.29 is 14.6 Å². The second-order valence-electron chi connectivity index (χ2n) is 7.55. The van der Waals surface area contributed by atoms with E-state index >= 15 is 0 Å². The number of H-pyrrole nitrogens is 1. The molecular formula is C20H26N4O3. The molecule has 1 saturated heterocycles. The van der Waals surface area contributed by atoms with Gasteiger partial charge in [0.1, 0.15) is 5.82 Å². The van der Waals surface area contributed by atoms with Gasteiger partial charge in [-0.25, -0.2) is 4.98 Å². The van der Waals surface area contributed by atoms with E-state index in [2.05, 4.69) is 15.2 Å². The van der Waals surface area contributed by atoms with E-state index in [-0.39, 0.29) is 18.6 Å². The van der Waals surface area contributed by atoms with Crippen LogP contribution in [0, 0.1) is 0 Å². The minimum atomic E-state index is -0.645. The molecule has 7 nitrogen and oxygen atoms in total. The van der Waals surface area contributed by atoms with Crippen molar-refractivity contribution in [2.75, 3.05) is 20.3 Å². The third-order valence-corrected chi connectivity index (χ3v) is 5.70. The van der Waals surface area contributed by atoms with Gasteiger partial charge in [-0.2, -0.15) is 5.10 Å². The van der Waals surface area contributed by atoms with Crippen molar-refractivity contribution in [3.63, 3.8) is 0 Å². The van der Waals surface area contributed by atoms with Crippen molar-refractivity contribution in [1.82, 2.24) is 20.1 Å². The number of hydrogen-bond acceptors (Lipinski definition) is 5. The molecule has 2 atom stereocenters. The summed E-state index contributed by atoms with van der Waals surface area (Å²) in [6.07, 6.45) is 5.46. The van der Waals surface area contributed by atoms with Crippen LogP contribution >= 0.6 is 0 Å². The summed E-state index contributed by atoms with van der Waals surface area (Å²) in [4.78, 5) is 19.1. The van der Waals surface area contributed by atoms with E-state index in [4.69, 9.17) is 4.74 Å². The van der Waals surface area contributed by atoms with E-state index < -0.39 is 6.10 Å². The van der Waals surface area contributed by atoms with Crippen molar-refractivity contribution in [1.29, 1.82) is 0 Å². The molecule has 2 aliphatic rings. The summed E-state index contributed by atoms with van der Waals surface area (Å²) < 4.78 is 5.26. The fourth-order valence-corrected chi connectivity index (χ4v) is 4.01. The van der Waals surface area contributed by atoms with Crippen molar-refractivity contribution in [3.05, 3.63) is 35.7 Å². The Labute approximate surface area is 158 Å². The number of rotatable bonds is 4. The predicted octanol–water partition coefficient (Wildman–Crippen LogP) is 2.35. The zero-order valence-electron chi connectivity index (χ0n) is 15.6. The van der Waals surface area contributed by atoms with Crippen molar-refractivity contribution in [2.45, 2.75) is 50.2 Å². The predicted molar refractivity (Wildman–Crippen MR) is 100 cm³/mol. The molecule has 2 heterocycles. The molecule has 1 saturated carbocycles. The van der Waals surface area contributed by atoms with Crippen molar-refractivity contribution >= 4 is 5.91 Å². The molecule has 1 aliphatic carbocycles. The van der Waals surface area contributed by atoms with Crippen molar-refractivity contribution in [2.24, 2.45) is 0 Å². The summed E-state index contributed by atoms with van der Waals surface area (Å²) in [5.74, 6) is 1.89. The van der Waals surface area contributed by atoms with Gasteiger partial charge < -0.3 is 14.7 Å². The van der Waals surface area contributed by atoms with Gasteiger partial charge in [0.15, 0.2) is 5.82 Å². The number of amides is 1. The van der Waals surface area contributed by atoms with Gasteiger partial charge in [-0.3, -0.25) is 9.89 Å². The lowest BCUT2D eigenvalue weighted by Crippen LogP contribution is -2.44. The van der Waals surface area contributed by atoms with Crippen LogP contribution in [0.15, 0.2) is 24.3 Å². The highest BCUT2D eigenvalue weighted by Gasteiger charge is 2.32. The maximum atomic E-state index is 12.8. The number of aliphatic hydroxyl groups excluding tert-OH is 1. The second kappa shape index (κ2) is 7.78. The first-order valence-corrected chi connectivity index (χ1v) is 9.69. The Kier molecular flexibility index (Phi) is 5.22. The van der Waals surface area contributed by atoms with Crippen LogP contribution in [0.3, 0.4) is 0 Å². The maximum Gasteiger partial charge on any atom is 0.254 e. The summed E-state index contributed by atoms with van der Waals surface area (Å²) in [5, 5.41) is 17.4. The number of nitrogens with one attached hydrogen (secondary N) is 1. The molecule has 1 amide bonds. The number of carbonyl (C=O) groups is 1. The van der Waals surface area contributed by atoms with E-state index in [0.29, 0.717) is 23.9 Å². The van der Waals surface area contributed by atoms with Gasteiger partial charge in [-0.05, 0) is 25.0 Å². The molecule has 1 aliphatic heterocycles. The highest BCUT2D eigenvalue weighted by Crippen LogP contribution is 2.31. The summed E-state index contributed by atoms with van der Waals surface area (Å²) in [6.45, 7) is 0.623. The molecule has 0 unspecified atom stereocenters. The Morgan fingerprint density at radius 2 is 2.07 bits per heavy atom. The Bertz CT molecular complexity index is 800. The number of likely N-dealkylation sites (N-methyl/N-ethyl adjacent to an activating group) is 1. The van der Waals surface area contributed by atoms with Crippen LogP contribution < -0.4 is 0 Å². The summed E-state index contributed by atoms with van der Waals surface area (Å²) >= 11 is 0. The Hall–Kier alpha value is -2.25. The molecule has 4 rings (SSSR count). The van der Waals surface area contributed by atoms with Crippen LogP contribution in [0.4, 0.5) is 0 Å². The Balaban J connectivity index is 1.52. The number of hydrogen-bond donors (Lipinski definition) is 2. The molecule has 1 aromatic heterocycles. The van der Waals surface area contributed by atoms with E-state index in [1.165, 1.54) is 19.3 Å². The molecule has 0 spiro atoms. The first-order valence-electron chi connectivity index (χ1n) is 9.69. The summed E-state index contributed by atoms with van der Waals surface area (Å²) in [5.41, 5.74) is 1.37. The van der Waals surface area contributed by atoms with Gasteiger partial charge in [0.2, 0.25) is 0 Å². The van der Waals surface area contributed by atoms with Crippen molar-refractivity contribution in [3.8, 4) is 11.4 Å². The standard InChI is InChI=1S/C20H26N4O3/c1-24(16-11-27-12-17(16)25)20(26)15-9-5-8-14(10-15)19-21-18(22-23-19)13-6-3-2-4-7-13/h5,8-10,13,16-17,25H,2-4,6-7,11-12H2,1H3,(H,21,22,23)/t16-,17-/m0/s1. The van der Waals surface area contributed by atoms with Gasteiger partial charge in [-0.1, -0.05) is 31.4 Å². The summed E-state index contributed by atoms with van der Waals surface area (Å²) in [7, 11) is 1.70. The maximum absolute atomic E-state index is 12.8. The number of aromatic nitrogens is 3. The molecular weight excluding hydrogens is 344 g/mol. The van der Waals surface area contributed by atoms with Crippen LogP contribution in [0.5, 0.6) is 0 Å². The number of aromatic amines is 1. The lowest BCUT2D eigenvalue weighted by Gasteiger charge is -2.25. The summed E-state index contributed by atoms with van der Waals surface area (Å²) in [6, 6.07) is 7.03. The smallest absolute Gasteiger partial charge is 0.254 e. The van der Waals surface area contributed by atoms with E-state index in [9.17, 15) is 9.90 Å². The molecule has 27 heavy (non-hydrogen) atoms. The number of benzene rings is 1. The Morgan fingerprint density at radius 1 is 1.26 bits per heavy atom. The first kappa shape index (κ1) is 18.1.